The summed E-state index contributed by atoms with van der Waals surface area (Å²) in [7, 11) is 1.61. The topological polar surface area (TPSA) is 96.3 Å². The molecule has 0 fully saturated rings. The molecule has 1 heterocycles. The Hall–Kier alpha value is -3.07. The number of pyridine rings is 1. The first-order valence-corrected chi connectivity index (χ1v) is 6.28. The summed E-state index contributed by atoms with van der Waals surface area (Å²) in [6.45, 7) is 0.390. The Balaban J connectivity index is 2.06. The molecular formula is C15H15N5O. The van der Waals surface area contributed by atoms with Crippen LogP contribution in [0.15, 0.2) is 47.6 Å². The average molecular weight is 281 g/mol. The molecule has 0 atom stereocenters. The zero-order valence-corrected chi connectivity index (χ0v) is 11.6. The van der Waals surface area contributed by atoms with Crippen molar-refractivity contribution >= 4 is 11.8 Å². The number of methoxy groups -OCH3 is 1. The monoisotopic (exact) mass is 281 g/mol. The summed E-state index contributed by atoms with van der Waals surface area (Å²) in [5.74, 6) is 1.47. The van der Waals surface area contributed by atoms with Crippen LogP contribution in [0, 0.1) is 11.3 Å². The third-order valence-electron chi connectivity index (χ3n) is 2.76. The van der Waals surface area contributed by atoms with Gasteiger partial charge in [-0.25, -0.2) is 9.98 Å². The van der Waals surface area contributed by atoms with Crippen molar-refractivity contribution in [3.63, 3.8) is 0 Å². The number of aliphatic imine (C=N–C) groups is 1. The molecule has 0 saturated carbocycles. The van der Waals surface area contributed by atoms with E-state index in [2.05, 4.69) is 15.3 Å². The van der Waals surface area contributed by atoms with E-state index in [9.17, 15) is 0 Å². The van der Waals surface area contributed by atoms with Gasteiger partial charge < -0.3 is 15.8 Å². The highest BCUT2D eigenvalue weighted by Gasteiger charge is 2.02. The van der Waals surface area contributed by atoms with Crippen LogP contribution in [0.3, 0.4) is 0 Å². The summed E-state index contributed by atoms with van der Waals surface area (Å²) in [6.07, 6.45) is 1.54. The summed E-state index contributed by atoms with van der Waals surface area (Å²) in [5, 5.41) is 11.7. The van der Waals surface area contributed by atoms with E-state index >= 15 is 0 Å². The molecule has 3 N–H and O–H groups in total. The maximum atomic E-state index is 8.82. The van der Waals surface area contributed by atoms with Gasteiger partial charge in [-0.15, -0.1) is 0 Å². The smallest absolute Gasteiger partial charge is 0.194 e. The number of nitrogens with two attached hydrogens (primary N) is 1. The van der Waals surface area contributed by atoms with Gasteiger partial charge in [0.25, 0.3) is 0 Å². The summed E-state index contributed by atoms with van der Waals surface area (Å²) < 4.78 is 5.25. The normalized spacial score (nSPS) is 10.8. The second-order valence-electron chi connectivity index (χ2n) is 4.18. The summed E-state index contributed by atoms with van der Waals surface area (Å²) in [4.78, 5) is 8.30. The second kappa shape index (κ2) is 6.91. The fourth-order valence-electron chi connectivity index (χ4n) is 1.74. The molecule has 0 spiro atoms. The van der Waals surface area contributed by atoms with Crippen molar-refractivity contribution in [2.24, 2.45) is 10.7 Å². The number of benzene rings is 1. The average Bonchev–Trinajstić information content (AvgIpc) is 2.53. The lowest BCUT2D eigenvalue weighted by molar-refractivity contribution is 0.410. The molecule has 0 aliphatic heterocycles. The first kappa shape index (κ1) is 14.3. The molecule has 0 aliphatic rings. The van der Waals surface area contributed by atoms with Gasteiger partial charge in [0.15, 0.2) is 5.96 Å². The Morgan fingerprint density at radius 2 is 2.24 bits per heavy atom. The van der Waals surface area contributed by atoms with Crippen molar-refractivity contribution in [3.8, 4) is 11.8 Å². The Kier molecular flexibility index (Phi) is 4.72. The third kappa shape index (κ3) is 3.94. The van der Waals surface area contributed by atoms with Crippen molar-refractivity contribution in [1.82, 2.24) is 4.98 Å². The lowest BCUT2D eigenvalue weighted by atomic mass is 10.2. The summed E-state index contributed by atoms with van der Waals surface area (Å²) in [6, 6.07) is 12.9. The minimum Gasteiger partial charge on any atom is -0.496 e. The van der Waals surface area contributed by atoms with E-state index in [0.717, 1.165) is 11.3 Å². The molecule has 0 unspecified atom stereocenters. The zero-order valence-electron chi connectivity index (χ0n) is 11.6. The number of aromatic nitrogens is 1. The number of nitriles is 1. The van der Waals surface area contributed by atoms with Crippen LogP contribution in [0.2, 0.25) is 0 Å². The predicted molar refractivity (Wildman–Crippen MR) is 80.9 cm³/mol. The number of para-hydroxylation sites is 1. The van der Waals surface area contributed by atoms with Crippen LogP contribution in [-0.2, 0) is 6.54 Å². The van der Waals surface area contributed by atoms with Gasteiger partial charge in [-0.05, 0) is 18.2 Å². The number of guanidine groups is 1. The maximum absolute atomic E-state index is 8.82. The summed E-state index contributed by atoms with van der Waals surface area (Å²) >= 11 is 0. The zero-order chi connectivity index (χ0) is 15.1. The van der Waals surface area contributed by atoms with Gasteiger partial charge in [-0.3, -0.25) is 0 Å². The molecule has 1 aromatic heterocycles. The van der Waals surface area contributed by atoms with Crippen molar-refractivity contribution in [2.45, 2.75) is 6.54 Å². The third-order valence-corrected chi connectivity index (χ3v) is 2.76. The van der Waals surface area contributed by atoms with Crippen LogP contribution in [0.25, 0.3) is 0 Å². The first-order valence-electron chi connectivity index (χ1n) is 6.28. The predicted octanol–water partition coefficient (Wildman–Crippen LogP) is 1.89. The lowest BCUT2D eigenvalue weighted by Crippen LogP contribution is -2.23. The molecule has 0 aliphatic carbocycles. The largest absolute Gasteiger partial charge is 0.496 e. The van der Waals surface area contributed by atoms with Gasteiger partial charge in [0.2, 0.25) is 0 Å². The van der Waals surface area contributed by atoms with E-state index < -0.39 is 0 Å². The molecule has 6 nitrogen and oxygen atoms in total. The molecule has 0 amide bonds. The van der Waals surface area contributed by atoms with Crippen molar-refractivity contribution in [3.05, 3.63) is 53.7 Å². The van der Waals surface area contributed by atoms with E-state index in [1.54, 1.807) is 19.2 Å². The molecule has 106 valence electrons. The molecule has 0 saturated heterocycles. The molecule has 2 rings (SSSR count). The van der Waals surface area contributed by atoms with Crippen LogP contribution in [0.1, 0.15) is 11.1 Å². The van der Waals surface area contributed by atoms with Crippen molar-refractivity contribution in [1.29, 1.82) is 5.26 Å². The number of rotatable bonds is 4. The number of anilines is 1. The number of hydrogen-bond donors (Lipinski definition) is 2. The lowest BCUT2D eigenvalue weighted by Gasteiger charge is -2.07. The number of nitrogens with one attached hydrogen (secondary N) is 1. The van der Waals surface area contributed by atoms with Gasteiger partial charge in [0, 0.05) is 11.8 Å². The van der Waals surface area contributed by atoms with Crippen LogP contribution in [0.4, 0.5) is 5.82 Å². The Labute approximate surface area is 122 Å². The highest BCUT2D eigenvalue weighted by Crippen LogP contribution is 2.17. The SMILES string of the molecule is COc1ccccc1CN=C(N)Nc1cc(C#N)ccn1. The minimum absolute atomic E-state index is 0.225. The van der Waals surface area contributed by atoms with Crippen LogP contribution >= 0.6 is 0 Å². The van der Waals surface area contributed by atoms with E-state index in [4.69, 9.17) is 15.7 Å². The Morgan fingerprint density at radius 1 is 1.43 bits per heavy atom. The maximum Gasteiger partial charge on any atom is 0.194 e. The van der Waals surface area contributed by atoms with Crippen molar-refractivity contribution < 1.29 is 4.74 Å². The quantitative estimate of drug-likeness (QED) is 0.659. The van der Waals surface area contributed by atoms with Crippen LogP contribution < -0.4 is 15.8 Å². The van der Waals surface area contributed by atoms with Gasteiger partial charge >= 0.3 is 0 Å². The summed E-state index contributed by atoms with van der Waals surface area (Å²) in [5.41, 5.74) is 7.25. The molecule has 2 aromatic rings. The number of ether oxygens (including phenoxy) is 1. The Bertz CT molecular complexity index is 690. The highest BCUT2D eigenvalue weighted by molar-refractivity contribution is 5.91. The van der Waals surface area contributed by atoms with E-state index in [1.165, 1.54) is 6.20 Å². The van der Waals surface area contributed by atoms with Gasteiger partial charge in [-0.2, -0.15) is 5.26 Å². The Morgan fingerprint density at radius 3 is 3.00 bits per heavy atom. The molecule has 6 heteroatoms. The fraction of sp³-hybridized carbons (Fsp3) is 0.133. The molecule has 0 radical (unpaired) electrons. The number of nitrogens with zero attached hydrogens (tertiary/aromatic N) is 3. The highest BCUT2D eigenvalue weighted by atomic mass is 16.5. The minimum atomic E-state index is 0.225. The number of hydrogen-bond acceptors (Lipinski definition) is 4. The van der Waals surface area contributed by atoms with Crippen LogP contribution in [-0.4, -0.2) is 18.1 Å². The van der Waals surface area contributed by atoms with E-state index in [1.807, 2.05) is 30.3 Å². The standard InChI is InChI=1S/C15H15N5O/c1-21-13-5-3-2-4-12(13)10-19-15(17)20-14-8-11(9-16)6-7-18-14/h2-8H,10H2,1H3,(H3,17,18,19,20). The van der Waals surface area contributed by atoms with Gasteiger partial charge in [0.1, 0.15) is 11.6 Å². The van der Waals surface area contributed by atoms with Crippen molar-refractivity contribution in [2.75, 3.05) is 12.4 Å². The van der Waals surface area contributed by atoms with E-state index in [0.29, 0.717) is 17.9 Å². The molecule has 0 bridgehead atoms. The van der Waals surface area contributed by atoms with Gasteiger partial charge in [0.05, 0.1) is 25.3 Å². The van der Waals surface area contributed by atoms with Crippen LogP contribution in [0.5, 0.6) is 5.75 Å². The second-order valence-corrected chi connectivity index (χ2v) is 4.18. The molecule has 21 heavy (non-hydrogen) atoms. The molecule has 1 aromatic carbocycles. The van der Waals surface area contributed by atoms with Gasteiger partial charge in [-0.1, -0.05) is 18.2 Å². The first-order chi connectivity index (χ1) is 10.2. The fourth-order valence-corrected chi connectivity index (χ4v) is 1.74. The molecular weight excluding hydrogens is 266 g/mol. The van der Waals surface area contributed by atoms with E-state index in [-0.39, 0.29) is 5.96 Å².